The van der Waals surface area contributed by atoms with Gasteiger partial charge in [0.1, 0.15) is 5.82 Å². The molecule has 0 N–H and O–H groups in total. The van der Waals surface area contributed by atoms with E-state index in [0.717, 1.165) is 49.7 Å². The first-order valence-corrected chi connectivity index (χ1v) is 8.63. The highest BCUT2D eigenvalue weighted by Gasteiger charge is 2.22. The van der Waals surface area contributed by atoms with Gasteiger partial charge in [-0.1, -0.05) is 13.8 Å². The van der Waals surface area contributed by atoms with Crippen LogP contribution in [-0.2, 0) is 6.54 Å². The number of anilines is 1. The van der Waals surface area contributed by atoms with E-state index >= 15 is 0 Å². The average molecular weight is 327 g/mol. The lowest BCUT2D eigenvalue weighted by atomic mass is 9.96. The van der Waals surface area contributed by atoms with E-state index in [4.69, 9.17) is 0 Å². The Bertz CT molecular complexity index is 747. The molecule has 128 valence electrons. The average Bonchev–Trinajstić information content (AvgIpc) is 2.58. The quantitative estimate of drug-likeness (QED) is 0.863. The van der Waals surface area contributed by atoms with Crippen molar-refractivity contribution in [2.45, 2.75) is 46.1 Å². The molecular formula is C18H25N5O. The molecule has 2 aromatic rings. The van der Waals surface area contributed by atoms with E-state index in [0.29, 0.717) is 5.92 Å². The summed E-state index contributed by atoms with van der Waals surface area (Å²) in [5.41, 5.74) is 1.89. The Labute approximate surface area is 142 Å². The highest BCUT2D eigenvalue weighted by Crippen LogP contribution is 2.24. The lowest BCUT2D eigenvalue weighted by Gasteiger charge is -2.33. The van der Waals surface area contributed by atoms with E-state index in [1.54, 1.807) is 29.4 Å². The number of hydrogen-bond acceptors (Lipinski definition) is 5. The van der Waals surface area contributed by atoms with Crippen molar-refractivity contribution < 1.29 is 0 Å². The molecule has 6 heteroatoms. The summed E-state index contributed by atoms with van der Waals surface area (Å²) in [7, 11) is 0. The second-order valence-corrected chi connectivity index (χ2v) is 6.85. The number of hydrogen-bond donors (Lipinski definition) is 0. The zero-order chi connectivity index (χ0) is 17.1. The molecule has 0 unspecified atom stereocenters. The van der Waals surface area contributed by atoms with Gasteiger partial charge in [0.25, 0.3) is 5.56 Å². The molecular weight excluding hydrogens is 302 g/mol. The van der Waals surface area contributed by atoms with Crippen LogP contribution in [0.15, 0.2) is 29.6 Å². The molecule has 0 aliphatic carbocycles. The molecule has 1 fully saturated rings. The first kappa shape index (κ1) is 16.6. The molecule has 0 atom stereocenters. The van der Waals surface area contributed by atoms with Crippen LogP contribution in [0.1, 0.15) is 44.0 Å². The lowest BCUT2D eigenvalue weighted by molar-refractivity contribution is 0.349. The van der Waals surface area contributed by atoms with Crippen LogP contribution in [0.2, 0.25) is 0 Å². The fourth-order valence-corrected chi connectivity index (χ4v) is 3.21. The van der Waals surface area contributed by atoms with Crippen molar-refractivity contribution in [3.63, 3.8) is 0 Å². The number of aryl methyl sites for hydroxylation is 1. The van der Waals surface area contributed by atoms with E-state index in [9.17, 15) is 4.79 Å². The van der Waals surface area contributed by atoms with Crippen molar-refractivity contribution in [3.8, 4) is 0 Å². The number of aromatic nitrogens is 4. The van der Waals surface area contributed by atoms with Crippen LogP contribution in [-0.4, -0.2) is 32.6 Å². The third-order valence-corrected chi connectivity index (χ3v) is 4.72. The minimum atomic E-state index is 0.0564. The van der Waals surface area contributed by atoms with Gasteiger partial charge in [-0.2, -0.15) is 0 Å². The predicted molar refractivity (Wildman–Crippen MR) is 94.3 cm³/mol. The van der Waals surface area contributed by atoms with Gasteiger partial charge in [0.2, 0.25) is 0 Å². The second-order valence-electron chi connectivity index (χ2n) is 6.85. The summed E-state index contributed by atoms with van der Waals surface area (Å²) in [6.07, 6.45) is 7.28. The Kier molecular flexibility index (Phi) is 4.92. The maximum Gasteiger partial charge on any atom is 0.253 e. The summed E-state index contributed by atoms with van der Waals surface area (Å²) in [5.74, 6) is 1.77. The van der Waals surface area contributed by atoms with Crippen molar-refractivity contribution in [1.29, 1.82) is 0 Å². The van der Waals surface area contributed by atoms with Gasteiger partial charge in [0.15, 0.2) is 0 Å². The van der Waals surface area contributed by atoms with Crippen LogP contribution in [0.5, 0.6) is 0 Å². The van der Waals surface area contributed by atoms with Gasteiger partial charge in [0.05, 0.1) is 17.7 Å². The highest BCUT2D eigenvalue weighted by atomic mass is 16.1. The molecule has 6 nitrogen and oxygen atoms in total. The van der Waals surface area contributed by atoms with Crippen LogP contribution in [0.25, 0.3) is 0 Å². The van der Waals surface area contributed by atoms with Crippen LogP contribution in [0.4, 0.5) is 5.82 Å². The molecule has 3 heterocycles. The summed E-state index contributed by atoms with van der Waals surface area (Å²) in [6, 6.07) is 1.67. The first-order valence-electron chi connectivity index (χ1n) is 8.63. The van der Waals surface area contributed by atoms with Gasteiger partial charge >= 0.3 is 0 Å². The van der Waals surface area contributed by atoms with E-state index in [-0.39, 0.29) is 11.5 Å². The van der Waals surface area contributed by atoms with E-state index in [1.807, 2.05) is 6.92 Å². The minimum Gasteiger partial charge on any atom is -0.355 e. The van der Waals surface area contributed by atoms with Crippen LogP contribution >= 0.6 is 0 Å². The normalized spacial score (nSPS) is 15.9. The third-order valence-electron chi connectivity index (χ3n) is 4.72. The fourth-order valence-electron chi connectivity index (χ4n) is 3.21. The van der Waals surface area contributed by atoms with Crippen LogP contribution in [0.3, 0.4) is 0 Å². The van der Waals surface area contributed by atoms with E-state index in [1.165, 1.54) is 0 Å². The summed E-state index contributed by atoms with van der Waals surface area (Å²) < 4.78 is 1.75. The monoisotopic (exact) mass is 327 g/mol. The molecule has 1 saturated heterocycles. The molecule has 1 aliphatic rings. The predicted octanol–water partition coefficient (Wildman–Crippen LogP) is 2.38. The zero-order valence-corrected chi connectivity index (χ0v) is 14.6. The Balaban J connectivity index is 1.62. The van der Waals surface area contributed by atoms with Crippen molar-refractivity contribution >= 4 is 5.82 Å². The van der Waals surface area contributed by atoms with Gasteiger partial charge in [-0.25, -0.2) is 9.97 Å². The summed E-state index contributed by atoms with van der Waals surface area (Å²) in [4.78, 5) is 27.7. The molecule has 0 amide bonds. The largest absolute Gasteiger partial charge is 0.355 e. The first-order chi connectivity index (χ1) is 11.5. The molecule has 3 rings (SSSR count). The van der Waals surface area contributed by atoms with E-state index in [2.05, 4.69) is 33.7 Å². The smallest absolute Gasteiger partial charge is 0.253 e. The zero-order valence-electron chi connectivity index (χ0n) is 14.6. The second kappa shape index (κ2) is 7.11. The van der Waals surface area contributed by atoms with Crippen molar-refractivity contribution in [1.82, 2.24) is 19.5 Å². The minimum absolute atomic E-state index is 0.0564. The Morgan fingerprint density at radius 1 is 1.17 bits per heavy atom. The molecule has 0 spiro atoms. The molecule has 0 saturated carbocycles. The van der Waals surface area contributed by atoms with Gasteiger partial charge in [0, 0.05) is 38.1 Å². The summed E-state index contributed by atoms with van der Waals surface area (Å²) >= 11 is 0. The van der Waals surface area contributed by atoms with E-state index < -0.39 is 0 Å². The van der Waals surface area contributed by atoms with Gasteiger partial charge in [-0.15, -0.1) is 0 Å². The topological polar surface area (TPSA) is 63.9 Å². The highest BCUT2D eigenvalue weighted by molar-refractivity contribution is 5.42. The molecule has 24 heavy (non-hydrogen) atoms. The standard InChI is InChI=1S/C18H25N5O/c1-13(2)16-10-17(24)23(12-21-16)11-15-4-8-22(9-5-15)18-14(3)19-6-7-20-18/h6-7,10,12-13,15H,4-5,8-9,11H2,1-3H3. The number of piperidine rings is 1. The Morgan fingerprint density at radius 3 is 2.50 bits per heavy atom. The van der Waals surface area contributed by atoms with Crippen LogP contribution in [0, 0.1) is 12.8 Å². The van der Waals surface area contributed by atoms with Gasteiger partial charge in [-0.05, 0) is 31.6 Å². The number of nitrogens with zero attached hydrogens (tertiary/aromatic N) is 5. The lowest BCUT2D eigenvalue weighted by Crippen LogP contribution is -2.37. The van der Waals surface area contributed by atoms with Crippen molar-refractivity contribution in [2.75, 3.05) is 18.0 Å². The van der Waals surface area contributed by atoms with Gasteiger partial charge in [-0.3, -0.25) is 14.3 Å². The molecule has 2 aromatic heterocycles. The Hall–Kier alpha value is -2.24. The summed E-state index contributed by atoms with van der Waals surface area (Å²) in [6.45, 7) is 8.76. The summed E-state index contributed by atoms with van der Waals surface area (Å²) in [5, 5.41) is 0. The Morgan fingerprint density at radius 2 is 1.88 bits per heavy atom. The van der Waals surface area contributed by atoms with Crippen molar-refractivity contribution in [3.05, 3.63) is 46.5 Å². The molecule has 0 bridgehead atoms. The maximum atomic E-state index is 12.2. The molecule has 0 aromatic carbocycles. The fraction of sp³-hybridized carbons (Fsp3) is 0.556. The SMILES string of the molecule is Cc1nccnc1N1CCC(Cn2cnc(C(C)C)cc2=O)CC1. The van der Waals surface area contributed by atoms with Crippen LogP contribution < -0.4 is 10.5 Å². The number of rotatable bonds is 4. The maximum absolute atomic E-state index is 12.2. The van der Waals surface area contributed by atoms with Gasteiger partial charge < -0.3 is 4.90 Å². The molecule has 1 aliphatic heterocycles. The molecule has 0 radical (unpaired) electrons. The van der Waals surface area contributed by atoms with Crippen molar-refractivity contribution in [2.24, 2.45) is 5.92 Å². The third kappa shape index (κ3) is 3.63.